The summed E-state index contributed by atoms with van der Waals surface area (Å²) < 4.78 is 0. The van der Waals surface area contributed by atoms with Crippen LogP contribution in [0.15, 0.2) is 18.2 Å². The first-order valence-corrected chi connectivity index (χ1v) is 6.17. The molecule has 0 spiro atoms. The van der Waals surface area contributed by atoms with Crippen molar-refractivity contribution < 1.29 is 4.79 Å². The van der Waals surface area contributed by atoms with Crippen LogP contribution in [0, 0.1) is 18.3 Å². The van der Waals surface area contributed by atoms with E-state index in [1.54, 1.807) is 17.0 Å². The van der Waals surface area contributed by atoms with Crippen LogP contribution in [0.1, 0.15) is 35.2 Å². The number of rotatable bonds is 4. The Morgan fingerprint density at radius 1 is 1.56 bits per heavy atom. The van der Waals surface area contributed by atoms with E-state index in [9.17, 15) is 4.79 Å². The maximum atomic E-state index is 12.4. The highest BCUT2D eigenvalue weighted by atomic mass is 16.2. The average Bonchev–Trinajstić information content (AvgIpc) is 3.17. The summed E-state index contributed by atoms with van der Waals surface area (Å²) in [6, 6.07) is 7.78. The van der Waals surface area contributed by atoms with Gasteiger partial charge >= 0.3 is 0 Å². The predicted molar refractivity (Wildman–Crippen MR) is 69.9 cm³/mol. The standard InChI is InChI=1S/C14H17N3O/c1-10-3-4-11(9-13(10)16)14(18)17(8-2-7-15)12-5-6-12/h3-4,9,12H,2,5-6,8,16H2,1H3. The third kappa shape index (κ3) is 2.62. The molecule has 1 amide bonds. The highest BCUT2D eigenvalue weighted by molar-refractivity contribution is 5.95. The van der Waals surface area contributed by atoms with E-state index >= 15 is 0 Å². The zero-order chi connectivity index (χ0) is 13.1. The van der Waals surface area contributed by atoms with E-state index in [0.717, 1.165) is 18.4 Å². The van der Waals surface area contributed by atoms with Crippen molar-refractivity contribution in [3.8, 4) is 6.07 Å². The van der Waals surface area contributed by atoms with Crippen molar-refractivity contribution in [2.45, 2.75) is 32.2 Å². The van der Waals surface area contributed by atoms with Crippen LogP contribution >= 0.6 is 0 Å². The molecular formula is C14H17N3O. The van der Waals surface area contributed by atoms with Crippen LogP contribution < -0.4 is 5.73 Å². The molecule has 1 aliphatic rings. The number of anilines is 1. The molecule has 1 aromatic rings. The summed E-state index contributed by atoms with van der Waals surface area (Å²) in [7, 11) is 0. The Labute approximate surface area is 107 Å². The lowest BCUT2D eigenvalue weighted by Crippen LogP contribution is -2.34. The first-order chi connectivity index (χ1) is 8.63. The van der Waals surface area contributed by atoms with E-state index in [1.807, 2.05) is 13.0 Å². The molecule has 1 fully saturated rings. The van der Waals surface area contributed by atoms with Gasteiger partial charge in [0, 0.05) is 23.8 Å². The van der Waals surface area contributed by atoms with Crippen molar-refractivity contribution in [3.05, 3.63) is 29.3 Å². The van der Waals surface area contributed by atoms with Gasteiger partial charge in [0.1, 0.15) is 0 Å². The Bertz CT molecular complexity index is 500. The maximum absolute atomic E-state index is 12.4. The van der Waals surface area contributed by atoms with E-state index in [1.165, 1.54) is 0 Å². The number of carbonyl (C=O) groups is 1. The van der Waals surface area contributed by atoms with Crippen molar-refractivity contribution in [1.82, 2.24) is 4.90 Å². The average molecular weight is 243 g/mol. The van der Waals surface area contributed by atoms with Crippen LogP contribution in [-0.2, 0) is 0 Å². The number of nitrogens with two attached hydrogens (primary N) is 1. The number of aryl methyl sites for hydroxylation is 1. The van der Waals surface area contributed by atoms with E-state index in [2.05, 4.69) is 6.07 Å². The molecule has 4 heteroatoms. The molecule has 1 aromatic carbocycles. The molecule has 18 heavy (non-hydrogen) atoms. The maximum Gasteiger partial charge on any atom is 0.254 e. The third-order valence-electron chi connectivity index (χ3n) is 3.24. The van der Waals surface area contributed by atoms with Gasteiger partial charge < -0.3 is 10.6 Å². The molecule has 1 saturated carbocycles. The Morgan fingerprint density at radius 3 is 2.83 bits per heavy atom. The molecule has 0 heterocycles. The van der Waals surface area contributed by atoms with Gasteiger partial charge in [-0.15, -0.1) is 0 Å². The first-order valence-electron chi connectivity index (χ1n) is 6.17. The summed E-state index contributed by atoms with van der Waals surface area (Å²) in [5, 5.41) is 8.64. The second-order valence-electron chi connectivity index (χ2n) is 4.71. The molecule has 0 aliphatic heterocycles. The summed E-state index contributed by atoms with van der Waals surface area (Å²) in [5.41, 5.74) is 8.05. The lowest BCUT2D eigenvalue weighted by molar-refractivity contribution is 0.0747. The topological polar surface area (TPSA) is 70.1 Å². The van der Waals surface area contributed by atoms with Gasteiger partial charge in [-0.3, -0.25) is 4.79 Å². The number of hydrogen-bond donors (Lipinski definition) is 1. The zero-order valence-corrected chi connectivity index (χ0v) is 10.5. The summed E-state index contributed by atoms with van der Waals surface area (Å²) in [5.74, 6) is -0.0144. The molecule has 4 nitrogen and oxygen atoms in total. The van der Waals surface area contributed by atoms with Gasteiger partial charge in [-0.2, -0.15) is 5.26 Å². The second kappa shape index (κ2) is 5.09. The van der Waals surface area contributed by atoms with Crippen molar-refractivity contribution in [1.29, 1.82) is 5.26 Å². The van der Waals surface area contributed by atoms with Crippen molar-refractivity contribution in [2.24, 2.45) is 0 Å². The molecule has 0 aromatic heterocycles. The van der Waals surface area contributed by atoms with Crippen LogP contribution in [0.3, 0.4) is 0 Å². The molecule has 2 N–H and O–H groups in total. The third-order valence-corrected chi connectivity index (χ3v) is 3.24. The fourth-order valence-corrected chi connectivity index (χ4v) is 1.95. The molecule has 0 saturated heterocycles. The van der Waals surface area contributed by atoms with E-state index in [0.29, 0.717) is 30.3 Å². The van der Waals surface area contributed by atoms with Crippen molar-refractivity contribution in [3.63, 3.8) is 0 Å². The molecule has 0 unspecified atom stereocenters. The van der Waals surface area contributed by atoms with Crippen LogP contribution in [0.2, 0.25) is 0 Å². The van der Waals surface area contributed by atoms with Crippen LogP contribution in [0.4, 0.5) is 5.69 Å². The summed E-state index contributed by atoms with van der Waals surface area (Å²) in [6.45, 7) is 2.42. The highest BCUT2D eigenvalue weighted by Crippen LogP contribution is 2.28. The lowest BCUT2D eigenvalue weighted by Gasteiger charge is -2.21. The molecule has 2 rings (SSSR count). The van der Waals surface area contributed by atoms with E-state index < -0.39 is 0 Å². The van der Waals surface area contributed by atoms with Crippen LogP contribution in [-0.4, -0.2) is 23.4 Å². The minimum Gasteiger partial charge on any atom is -0.398 e. The van der Waals surface area contributed by atoms with Gasteiger partial charge in [-0.1, -0.05) is 6.07 Å². The molecular weight excluding hydrogens is 226 g/mol. The predicted octanol–water partition coefficient (Wildman–Crippen LogP) is 2.10. The van der Waals surface area contributed by atoms with Gasteiger partial charge in [0.25, 0.3) is 5.91 Å². The van der Waals surface area contributed by atoms with E-state index in [-0.39, 0.29) is 5.91 Å². The lowest BCUT2D eigenvalue weighted by atomic mass is 10.1. The SMILES string of the molecule is Cc1ccc(C(=O)N(CCC#N)C2CC2)cc1N. The summed E-state index contributed by atoms with van der Waals surface area (Å²) >= 11 is 0. The molecule has 0 bridgehead atoms. The molecule has 0 radical (unpaired) electrons. The summed E-state index contributed by atoms with van der Waals surface area (Å²) in [6.07, 6.45) is 2.46. The highest BCUT2D eigenvalue weighted by Gasteiger charge is 2.32. The van der Waals surface area contributed by atoms with Crippen LogP contribution in [0.25, 0.3) is 0 Å². The van der Waals surface area contributed by atoms with Crippen molar-refractivity contribution >= 4 is 11.6 Å². The first kappa shape index (κ1) is 12.4. The fraction of sp³-hybridized carbons (Fsp3) is 0.429. The largest absolute Gasteiger partial charge is 0.398 e. The molecule has 0 atom stereocenters. The zero-order valence-electron chi connectivity index (χ0n) is 10.5. The number of nitriles is 1. The number of carbonyl (C=O) groups excluding carboxylic acids is 1. The monoisotopic (exact) mass is 243 g/mol. The van der Waals surface area contributed by atoms with Gasteiger partial charge in [0.2, 0.25) is 0 Å². The van der Waals surface area contributed by atoms with Crippen molar-refractivity contribution in [2.75, 3.05) is 12.3 Å². The number of nitrogen functional groups attached to an aromatic ring is 1. The van der Waals surface area contributed by atoms with Gasteiger partial charge in [-0.25, -0.2) is 0 Å². The number of nitrogens with zero attached hydrogens (tertiary/aromatic N) is 2. The Kier molecular flexibility index (Phi) is 3.52. The van der Waals surface area contributed by atoms with Gasteiger partial charge in [0.15, 0.2) is 0 Å². The van der Waals surface area contributed by atoms with Gasteiger partial charge in [0.05, 0.1) is 12.5 Å². The minimum atomic E-state index is -0.0144. The van der Waals surface area contributed by atoms with E-state index in [4.69, 9.17) is 11.0 Å². The second-order valence-corrected chi connectivity index (χ2v) is 4.71. The fourth-order valence-electron chi connectivity index (χ4n) is 1.95. The Balaban J connectivity index is 2.17. The molecule has 94 valence electrons. The molecule has 1 aliphatic carbocycles. The number of benzene rings is 1. The summed E-state index contributed by atoms with van der Waals surface area (Å²) in [4.78, 5) is 14.2. The Morgan fingerprint density at radius 2 is 2.28 bits per heavy atom. The van der Waals surface area contributed by atoms with Gasteiger partial charge in [-0.05, 0) is 37.5 Å². The minimum absolute atomic E-state index is 0.0144. The number of hydrogen-bond acceptors (Lipinski definition) is 3. The Hall–Kier alpha value is -2.02. The number of amides is 1. The normalized spacial score (nSPS) is 14.0. The smallest absolute Gasteiger partial charge is 0.254 e. The quantitative estimate of drug-likeness (QED) is 0.823. The van der Waals surface area contributed by atoms with Crippen LogP contribution in [0.5, 0.6) is 0 Å².